The Morgan fingerprint density at radius 2 is 1.68 bits per heavy atom. The molecule has 6 nitrogen and oxygen atoms in total. The van der Waals surface area contributed by atoms with Gasteiger partial charge in [-0.1, -0.05) is 36.5 Å². The average Bonchev–Trinajstić information content (AvgIpc) is 2.92. The van der Waals surface area contributed by atoms with Crippen molar-refractivity contribution in [1.29, 1.82) is 0 Å². The number of benzene rings is 2. The highest BCUT2D eigenvalue weighted by Gasteiger charge is 2.39. The van der Waals surface area contributed by atoms with Gasteiger partial charge in [-0.15, -0.1) is 0 Å². The van der Waals surface area contributed by atoms with Crippen LogP contribution in [-0.4, -0.2) is 47.8 Å². The van der Waals surface area contributed by atoms with Gasteiger partial charge in [0.2, 0.25) is 11.8 Å². The molecular weight excluding hydrogens is 474 g/mol. The van der Waals surface area contributed by atoms with Crippen LogP contribution in [0.15, 0.2) is 47.5 Å². The summed E-state index contributed by atoms with van der Waals surface area (Å²) in [6.45, 7) is 5.46. The van der Waals surface area contributed by atoms with Gasteiger partial charge in [0.15, 0.2) is 5.78 Å². The number of hydrogen-bond donors (Lipinski definition) is 1. The van der Waals surface area contributed by atoms with Gasteiger partial charge in [-0.25, -0.2) is 0 Å². The van der Waals surface area contributed by atoms with Crippen LogP contribution in [0.25, 0.3) is 0 Å². The Balaban J connectivity index is 1.37. The van der Waals surface area contributed by atoms with Crippen LogP contribution in [-0.2, 0) is 16.0 Å². The molecule has 0 spiro atoms. The van der Waals surface area contributed by atoms with Crippen LogP contribution >= 0.6 is 0 Å². The third-order valence-corrected chi connectivity index (χ3v) is 7.98. The molecule has 38 heavy (non-hydrogen) atoms. The first-order chi connectivity index (χ1) is 18.5. The molecule has 2 unspecified atom stereocenters. The van der Waals surface area contributed by atoms with Crippen LogP contribution in [0.3, 0.4) is 0 Å². The lowest BCUT2D eigenvalue weighted by molar-refractivity contribution is -0.137. The second kappa shape index (κ2) is 11.9. The number of fused-ring (bicyclic) bond motifs is 1. The first kappa shape index (κ1) is 26.1. The normalized spacial score (nSPS) is 23.7. The number of rotatable bonds is 4. The van der Waals surface area contributed by atoms with Gasteiger partial charge in [-0.2, -0.15) is 0 Å². The van der Waals surface area contributed by atoms with Crippen molar-refractivity contribution < 1.29 is 14.4 Å². The van der Waals surface area contributed by atoms with Crippen LogP contribution in [0.2, 0.25) is 0 Å². The Labute approximate surface area is 224 Å². The van der Waals surface area contributed by atoms with Crippen molar-refractivity contribution in [2.45, 2.75) is 58.3 Å². The summed E-state index contributed by atoms with van der Waals surface area (Å²) in [4.78, 5) is 45.5. The van der Waals surface area contributed by atoms with E-state index in [0.29, 0.717) is 36.1 Å². The number of carbonyl (C=O) groups is 3. The summed E-state index contributed by atoms with van der Waals surface area (Å²) in [5, 5.41) is 2.42. The maximum atomic E-state index is 13.9. The predicted molar refractivity (Wildman–Crippen MR) is 149 cm³/mol. The standard InChI is InChI=1S/C32H35N3O3/c1-22-8-15-26(27-16-17-29(36)34-32(27)38)31(37)30-25(6-5-7-28(30)33-22)14-13-23-9-11-24(12-10-23)18-21-35-19-3-2-4-20-35/h5-7,9-12,26-27H,2-4,8,15-21H2,1H3,(H,34,36,38)/b33-22-. The third kappa shape index (κ3) is 6.11. The van der Waals surface area contributed by atoms with Crippen LogP contribution in [0.1, 0.15) is 78.9 Å². The maximum Gasteiger partial charge on any atom is 0.230 e. The number of carbonyl (C=O) groups excluding carboxylic acids is 3. The number of nitrogens with zero attached hydrogens (tertiary/aromatic N) is 2. The molecule has 2 fully saturated rings. The molecule has 5 rings (SSSR count). The van der Waals surface area contributed by atoms with Crippen molar-refractivity contribution in [3.05, 3.63) is 64.7 Å². The van der Waals surface area contributed by atoms with E-state index < -0.39 is 11.8 Å². The Bertz CT molecular complexity index is 1310. The van der Waals surface area contributed by atoms with Crippen LogP contribution < -0.4 is 5.32 Å². The topological polar surface area (TPSA) is 78.8 Å². The van der Waals surface area contributed by atoms with Gasteiger partial charge in [0.1, 0.15) is 0 Å². The molecule has 6 heteroatoms. The number of nitrogens with one attached hydrogen (secondary N) is 1. The van der Waals surface area contributed by atoms with Gasteiger partial charge in [0.05, 0.1) is 11.3 Å². The van der Waals surface area contributed by atoms with Crippen molar-refractivity contribution >= 4 is 29.0 Å². The van der Waals surface area contributed by atoms with Gasteiger partial charge >= 0.3 is 0 Å². The SMILES string of the molecule is C/C1=N/c2cccc(C#Cc3ccc(CCN4CCCCC4)cc3)c2C(=O)C(C2CCC(=O)NC2=O)CC1. The lowest BCUT2D eigenvalue weighted by Gasteiger charge is -2.29. The van der Waals surface area contributed by atoms with E-state index in [9.17, 15) is 14.4 Å². The number of Topliss-reactive ketones (excluding diaryl/α,β-unsaturated/α-hetero) is 1. The van der Waals surface area contributed by atoms with E-state index in [1.807, 2.05) is 37.3 Å². The Hall–Kier alpha value is -3.56. The molecule has 196 valence electrons. The molecule has 2 aromatic rings. The number of imide groups is 1. The summed E-state index contributed by atoms with van der Waals surface area (Å²) in [5.74, 6) is 4.71. The van der Waals surface area contributed by atoms with Crippen molar-refractivity contribution in [3.63, 3.8) is 0 Å². The summed E-state index contributed by atoms with van der Waals surface area (Å²) in [5.41, 5.74) is 4.82. The fraction of sp³-hybridized carbons (Fsp3) is 0.438. The monoisotopic (exact) mass is 509 g/mol. The van der Waals surface area contributed by atoms with Crippen LogP contribution in [0.4, 0.5) is 5.69 Å². The summed E-state index contributed by atoms with van der Waals surface area (Å²) < 4.78 is 0. The highest BCUT2D eigenvalue weighted by molar-refractivity contribution is 6.09. The van der Waals surface area contributed by atoms with Crippen LogP contribution in [0.5, 0.6) is 0 Å². The zero-order chi connectivity index (χ0) is 26.5. The fourth-order valence-electron chi connectivity index (χ4n) is 5.78. The molecule has 3 aliphatic heterocycles. The summed E-state index contributed by atoms with van der Waals surface area (Å²) in [7, 11) is 0. The largest absolute Gasteiger partial charge is 0.303 e. The number of likely N-dealkylation sites (tertiary alicyclic amines) is 1. The summed E-state index contributed by atoms with van der Waals surface area (Å²) >= 11 is 0. The number of piperidine rings is 2. The Kier molecular flexibility index (Phi) is 8.14. The minimum absolute atomic E-state index is 0.108. The van der Waals surface area contributed by atoms with E-state index in [0.717, 1.165) is 24.2 Å². The van der Waals surface area contributed by atoms with E-state index in [1.54, 1.807) is 0 Å². The summed E-state index contributed by atoms with van der Waals surface area (Å²) in [6, 6.07) is 13.9. The number of hydrogen-bond acceptors (Lipinski definition) is 5. The second-order valence-electron chi connectivity index (χ2n) is 10.7. The lowest BCUT2D eigenvalue weighted by Crippen LogP contribution is -2.45. The van der Waals surface area contributed by atoms with Gasteiger partial charge < -0.3 is 4.90 Å². The molecule has 2 amide bonds. The minimum atomic E-state index is -0.516. The third-order valence-electron chi connectivity index (χ3n) is 7.98. The number of ketones is 1. The van der Waals surface area contributed by atoms with Crippen molar-refractivity contribution in [3.8, 4) is 11.8 Å². The molecule has 3 aliphatic rings. The highest BCUT2D eigenvalue weighted by atomic mass is 16.2. The molecule has 0 aliphatic carbocycles. The quantitative estimate of drug-likeness (QED) is 0.472. The van der Waals surface area contributed by atoms with Gasteiger partial charge in [0.25, 0.3) is 0 Å². The predicted octanol–water partition coefficient (Wildman–Crippen LogP) is 4.85. The second-order valence-corrected chi connectivity index (χ2v) is 10.7. The van der Waals surface area contributed by atoms with Crippen molar-refractivity contribution in [1.82, 2.24) is 10.2 Å². The van der Waals surface area contributed by atoms with E-state index in [2.05, 4.69) is 34.2 Å². The molecule has 3 heterocycles. The molecule has 0 saturated carbocycles. The maximum absolute atomic E-state index is 13.9. The molecule has 2 aromatic carbocycles. The Morgan fingerprint density at radius 3 is 2.45 bits per heavy atom. The summed E-state index contributed by atoms with van der Waals surface area (Å²) in [6.07, 6.45) is 6.81. The first-order valence-electron chi connectivity index (χ1n) is 13.9. The van der Waals surface area contributed by atoms with E-state index in [1.165, 1.54) is 37.9 Å². The molecule has 0 radical (unpaired) electrons. The fourth-order valence-corrected chi connectivity index (χ4v) is 5.78. The van der Waals surface area contributed by atoms with Gasteiger partial charge in [-0.05, 0) is 88.4 Å². The molecule has 1 N–H and O–H groups in total. The molecule has 0 bridgehead atoms. The van der Waals surface area contributed by atoms with E-state index >= 15 is 0 Å². The zero-order valence-corrected chi connectivity index (χ0v) is 22.1. The van der Waals surface area contributed by atoms with Crippen molar-refractivity contribution in [2.24, 2.45) is 16.8 Å². The number of aliphatic imine (C=N–C) groups is 1. The minimum Gasteiger partial charge on any atom is -0.303 e. The van der Waals surface area contributed by atoms with E-state index in [4.69, 9.17) is 4.99 Å². The first-order valence-corrected chi connectivity index (χ1v) is 13.9. The molecule has 2 atom stereocenters. The van der Waals surface area contributed by atoms with Crippen LogP contribution in [0, 0.1) is 23.7 Å². The molecule has 2 saturated heterocycles. The molecular formula is C32H35N3O3. The highest BCUT2D eigenvalue weighted by Crippen LogP contribution is 2.35. The zero-order valence-electron chi connectivity index (χ0n) is 22.1. The van der Waals surface area contributed by atoms with Crippen molar-refractivity contribution in [2.75, 3.05) is 19.6 Å². The van der Waals surface area contributed by atoms with Gasteiger partial charge in [0, 0.05) is 41.6 Å². The molecule has 0 aromatic heterocycles. The number of amides is 2. The van der Waals surface area contributed by atoms with Gasteiger partial charge in [-0.3, -0.25) is 24.7 Å². The van der Waals surface area contributed by atoms with E-state index in [-0.39, 0.29) is 24.0 Å². The average molecular weight is 510 g/mol. The smallest absolute Gasteiger partial charge is 0.230 e. The Morgan fingerprint density at radius 1 is 0.921 bits per heavy atom. The lowest BCUT2D eigenvalue weighted by atomic mass is 9.76.